The summed E-state index contributed by atoms with van der Waals surface area (Å²) in [7, 11) is 3.82. The molecule has 28 heavy (non-hydrogen) atoms. The van der Waals surface area contributed by atoms with E-state index in [-0.39, 0.29) is 0 Å². The summed E-state index contributed by atoms with van der Waals surface area (Å²) < 4.78 is 3.67. The van der Waals surface area contributed by atoms with Gasteiger partial charge >= 0.3 is 0 Å². The normalized spacial score (nSPS) is 11.4. The number of fused-ring (bicyclic) bond motifs is 1. The predicted molar refractivity (Wildman–Crippen MR) is 112 cm³/mol. The number of benzene rings is 1. The number of nitrogens with zero attached hydrogens (tertiary/aromatic N) is 6. The molecule has 0 fully saturated rings. The van der Waals surface area contributed by atoms with Crippen molar-refractivity contribution in [1.29, 1.82) is 0 Å². The largest absolute Gasteiger partial charge is 0.331 e. The highest BCUT2D eigenvalue weighted by atomic mass is 35.5. The van der Waals surface area contributed by atoms with Crippen molar-refractivity contribution in [3.8, 4) is 33.3 Å². The van der Waals surface area contributed by atoms with E-state index in [9.17, 15) is 0 Å². The highest BCUT2D eigenvalue weighted by Crippen LogP contribution is 2.46. The molecule has 0 aliphatic rings. The third-order valence-corrected chi connectivity index (χ3v) is 5.92. The quantitative estimate of drug-likeness (QED) is 0.403. The van der Waals surface area contributed by atoms with Crippen LogP contribution >= 0.6 is 22.9 Å². The number of aryl methyl sites for hydroxylation is 2. The van der Waals surface area contributed by atoms with Crippen LogP contribution in [0.2, 0.25) is 5.15 Å². The van der Waals surface area contributed by atoms with Gasteiger partial charge in [-0.3, -0.25) is 4.68 Å². The highest BCUT2D eigenvalue weighted by molar-refractivity contribution is 7.22. The highest BCUT2D eigenvalue weighted by Gasteiger charge is 2.23. The third kappa shape index (κ3) is 2.71. The van der Waals surface area contributed by atoms with Crippen LogP contribution in [0.15, 0.2) is 55.0 Å². The minimum atomic E-state index is 0.417. The van der Waals surface area contributed by atoms with Crippen LogP contribution in [0, 0.1) is 0 Å². The van der Waals surface area contributed by atoms with Crippen molar-refractivity contribution in [2.45, 2.75) is 0 Å². The minimum absolute atomic E-state index is 0.417. The topological polar surface area (TPSA) is 61.4 Å². The molecule has 1 aromatic carbocycles. The zero-order chi connectivity index (χ0) is 19.3. The van der Waals surface area contributed by atoms with Crippen molar-refractivity contribution in [3.63, 3.8) is 0 Å². The van der Waals surface area contributed by atoms with Crippen LogP contribution in [0.5, 0.6) is 0 Å². The van der Waals surface area contributed by atoms with Crippen molar-refractivity contribution < 1.29 is 0 Å². The van der Waals surface area contributed by atoms with Gasteiger partial charge in [0.25, 0.3) is 0 Å². The van der Waals surface area contributed by atoms with Gasteiger partial charge in [-0.05, 0) is 11.6 Å². The molecular weight excluding hydrogens is 392 g/mol. The number of aromatic nitrogens is 6. The number of thiophene rings is 1. The van der Waals surface area contributed by atoms with Crippen LogP contribution in [0.3, 0.4) is 0 Å². The molecule has 138 valence electrons. The Hall–Kier alpha value is -3.03. The minimum Gasteiger partial charge on any atom is -0.331 e. The van der Waals surface area contributed by atoms with Crippen molar-refractivity contribution in [3.05, 3.63) is 60.1 Å². The maximum absolute atomic E-state index is 6.69. The molecule has 0 saturated heterocycles. The summed E-state index contributed by atoms with van der Waals surface area (Å²) in [4.78, 5) is 15.5. The van der Waals surface area contributed by atoms with Gasteiger partial charge in [0.05, 0.1) is 10.3 Å². The van der Waals surface area contributed by atoms with Gasteiger partial charge in [0, 0.05) is 38.2 Å². The van der Waals surface area contributed by atoms with Crippen molar-refractivity contribution in [2.24, 2.45) is 14.1 Å². The second kappa shape index (κ2) is 6.54. The van der Waals surface area contributed by atoms with E-state index in [0.717, 1.165) is 31.9 Å². The summed E-state index contributed by atoms with van der Waals surface area (Å²) in [6.45, 7) is 0. The van der Waals surface area contributed by atoms with Gasteiger partial charge in [0.2, 0.25) is 0 Å². The van der Waals surface area contributed by atoms with Gasteiger partial charge in [0.15, 0.2) is 11.6 Å². The van der Waals surface area contributed by atoms with E-state index in [4.69, 9.17) is 16.6 Å². The predicted octanol–water partition coefficient (Wildman–Crippen LogP) is 4.81. The molecule has 8 heteroatoms. The van der Waals surface area contributed by atoms with Gasteiger partial charge in [0.1, 0.15) is 15.7 Å². The van der Waals surface area contributed by atoms with E-state index < -0.39 is 0 Å². The number of hydrogen-bond donors (Lipinski definition) is 0. The number of halogens is 1. The average molecular weight is 407 g/mol. The SMILES string of the molecule is Cn1ccc(-c2sc3nc(-c4nccn4C)nc(Cl)c3c2-c2ccccc2)n1. The van der Waals surface area contributed by atoms with Crippen molar-refractivity contribution in [2.75, 3.05) is 0 Å². The standard InChI is InChI=1S/C20H15ClN6S/c1-26-11-9-22-19(26)18-23-17(21)15-14(12-6-4-3-5-7-12)16(28-20(15)24-18)13-8-10-27(2)25-13/h3-11H,1-2H3. The van der Waals surface area contributed by atoms with Crippen LogP contribution in [0.25, 0.3) is 43.6 Å². The Bertz CT molecular complexity index is 1300. The lowest BCUT2D eigenvalue weighted by atomic mass is 10.0. The fourth-order valence-corrected chi connectivity index (χ4v) is 4.72. The molecule has 0 radical (unpaired) electrons. The van der Waals surface area contributed by atoms with E-state index in [2.05, 4.69) is 27.2 Å². The lowest BCUT2D eigenvalue weighted by molar-refractivity contribution is 0.771. The van der Waals surface area contributed by atoms with Gasteiger partial charge in [-0.1, -0.05) is 41.9 Å². The summed E-state index contributed by atoms with van der Waals surface area (Å²) >= 11 is 8.25. The first-order chi connectivity index (χ1) is 13.6. The smallest absolute Gasteiger partial charge is 0.198 e. The fraction of sp³-hybridized carbons (Fsp3) is 0.100. The molecule has 4 aromatic heterocycles. The fourth-order valence-electron chi connectivity index (χ4n) is 3.24. The molecule has 5 aromatic rings. The first-order valence-electron chi connectivity index (χ1n) is 8.65. The molecule has 5 rings (SSSR count). The van der Waals surface area contributed by atoms with Crippen molar-refractivity contribution >= 4 is 33.2 Å². The van der Waals surface area contributed by atoms with Crippen LogP contribution < -0.4 is 0 Å². The molecule has 0 unspecified atom stereocenters. The van der Waals surface area contributed by atoms with Crippen LogP contribution in [0.1, 0.15) is 0 Å². The lowest BCUT2D eigenvalue weighted by Crippen LogP contribution is -1.97. The summed E-state index contributed by atoms with van der Waals surface area (Å²) in [5.74, 6) is 1.19. The molecular formula is C20H15ClN6S. The lowest BCUT2D eigenvalue weighted by Gasteiger charge is -2.05. The first-order valence-corrected chi connectivity index (χ1v) is 9.84. The number of imidazole rings is 1. The molecule has 0 spiro atoms. The Labute approximate surface area is 170 Å². The van der Waals surface area contributed by atoms with Crippen LogP contribution in [0.4, 0.5) is 0 Å². The van der Waals surface area contributed by atoms with Gasteiger partial charge in [-0.15, -0.1) is 11.3 Å². The maximum atomic E-state index is 6.69. The molecule has 0 amide bonds. The molecule has 4 heterocycles. The van der Waals surface area contributed by atoms with Gasteiger partial charge in [-0.25, -0.2) is 15.0 Å². The molecule has 0 aliphatic heterocycles. The van der Waals surface area contributed by atoms with Crippen LogP contribution in [-0.2, 0) is 14.1 Å². The Kier molecular flexibility index (Phi) is 3.99. The van der Waals surface area contributed by atoms with E-state index in [1.165, 1.54) is 0 Å². The van der Waals surface area contributed by atoms with E-state index in [0.29, 0.717) is 16.8 Å². The van der Waals surface area contributed by atoms with Crippen LogP contribution in [-0.4, -0.2) is 29.3 Å². The molecule has 6 nitrogen and oxygen atoms in total. The molecule has 0 aliphatic carbocycles. The molecule has 0 atom stereocenters. The Balaban J connectivity index is 1.83. The first kappa shape index (κ1) is 17.1. The summed E-state index contributed by atoms with van der Waals surface area (Å²) in [6.07, 6.45) is 5.51. The van der Waals surface area contributed by atoms with Gasteiger partial charge < -0.3 is 4.57 Å². The van der Waals surface area contributed by atoms with Gasteiger partial charge in [-0.2, -0.15) is 5.10 Å². The summed E-state index contributed by atoms with van der Waals surface area (Å²) in [6, 6.07) is 12.2. The Morgan fingerprint density at radius 1 is 1.00 bits per heavy atom. The average Bonchev–Trinajstić information content (AvgIpc) is 3.40. The van der Waals surface area contributed by atoms with E-state index in [1.807, 2.05) is 55.3 Å². The van der Waals surface area contributed by atoms with E-state index in [1.54, 1.807) is 22.2 Å². The molecule has 0 N–H and O–H groups in total. The third-order valence-electron chi connectivity index (χ3n) is 4.54. The monoisotopic (exact) mass is 406 g/mol. The zero-order valence-electron chi connectivity index (χ0n) is 15.2. The number of hydrogen-bond acceptors (Lipinski definition) is 5. The number of rotatable bonds is 3. The summed E-state index contributed by atoms with van der Waals surface area (Å²) in [5.41, 5.74) is 2.96. The molecule has 0 saturated carbocycles. The second-order valence-electron chi connectivity index (χ2n) is 6.43. The zero-order valence-corrected chi connectivity index (χ0v) is 16.7. The molecule has 0 bridgehead atoms. The Morgan fingerprint density at radius 3 is 2.50 bits per heavy atom. The van der Waals surface area contributed by atoms with E-state index >= 15 is 0 Å². The van der Waals surface area contributed by atoms with Crippen molar-refractivity contribution in [1.82, 2.24) is 29.3 Å². The summed E-state index contributed by atoms with van der Waals surface area (Å²) in [5, 5.41) is 5.86. The second-order valence-corrected chi connectivity index (χ2v) is 7.78. The Morgan fingerprint density at radius 2 is 1.82 bits per heavy atom. The maximum Gasteiger partial charge on any atom is 0.198 e.